The smallest absolute Gasteiger partial charge is 0.349 e. The van der Waals surface area contributed by atoms with Crippen LogP contribution in [0.2, 0.25) is 0 Å². The van der Waals surface area contributed by atoms with Crippen LogP contribution in [0, 0.1) is 0 Å². The summed E-state index contributed by atoms with van der Waals surface area (Å²) in [6.45, 7) is 0.662. The predicted octanol–water partition coefficient (Wildman–Crippen LogP) is 3.70. The molecule has 4 nitrogen and oxygen atoms in total. The zero-order valence-corrected chi connectivity index (χ0v) is 12.3. The van der Waals surface area contributed by atoms with Crippen molar-refractivity contribution in [2.24, 2.45) is 0 Å². The van der Waals surface area contributed by atoms with E-state index in [-0.39, 0.29) is 5.97 Å². The number of ether oxygens (including phenoxy) is 1. The normalized spacial score (nSPS) is 10.5. The van der Waals surface area contributed by atoms with Crippen LogP contribution >= 0.6 is 11.3 Å². The van der Waals surface area contributed by atoms with Crippen LogP contribution in [0.3, 0.4) is 0 Å². The summed E-state index contributed by atoms with van der Waals surface area (Å²) in [6.07, 6.45) is 1.53. The monoisotopic (exact) mass is 298 g/mol. The second-order valence-corrected chi connectivity index (χ2v) is 5.54. The summed E-state index contributed by atoms with van der Waals surface area (Å²) in [5.74, 6) is -0.356. The first-order valence-electron chi connectivity index (χ1n) is 6.52. The van der Waals surface area contributed by atoms with E-state index >= 15 is 0 Å². The lowest BCUT2D eigenvalue weighted by molar-refractivity contribution is 0.0606. The predicted molar refractivity (Wildman–Crippen MR) is 84.7 cm³/mol. The van der Waals surface area contributed by atoms with E-state index in [2.05, 4.69) is 39.3 Å². The number of hydrogen-bond donors (Lipinski definition) is 1. The Kier molecular flexibility index (Phi) is 3.83. The number of nitrogens with one attached hydrogen (secondary N) is 1. The number of methoxy groups -OCH3 is 1. The first-order valence-corrected chi connectivity index (χ1v) is 7.34. The number of rotatable bonds is 4. The van der Waals surface area contributed by atoms with Gasteiger partial charge >= 0.3 is 5.97 Å². The average molecular weight is 298 g/mol. The van der Waals surface area contributed by atoms with Crippen molar-refractivity contribution < 1.29 is 9.53 Å². The molecule has 0 aliphatic carbocycles. The maximum absolute atomic E-state index is 11.4. The Morgan fingerprint density at radius 1 is 1.24 bits per heavy atom. The van der Waals surface area contributed by atoms with E-state index in [4.69, 9.17) is 0 Å². The Bertz CT molecular complexity index is 777. The number of anilines is 1. The fourth-order valence-electron chi connectivity index (χ4n) is 2.17. The summed E-state index contributed by atoms with van der Waals surface area (Å²) in [7, 11) is 1.37. The number of benzene rings is 2. The average Bonchev–Trinajstić information content (AvgIpc) is 3.01. The fraction of sp³-hybridized carbons (Fsp3) is 0.125. The molecule has 1 heterocycles. The lowest BCUT2D eigenvalue weighted by Crippen LogP contribution is -1.99. The van der Waals surface area contributed by atoms with Gasteiger partial charge in [-0.15, -0.1) is 0 Å². The Hall–Kier alpha value is -2.40. The van der Waals surface area contributed by atoms with Crippen molar-refractivity contribution in [2.45, 2.75) is 6.54 Å². The van der Waals surface area contributed by atoms with Crippen molar-refractivity contribution in [3.05, 3.63) is 59.1 Å². The van der Waals surface area contributed by atoms with Crippen molar-refractivity contribution in [1.29, 1.82) is 0 Å². The van der Waals surface area contributed by atoms with E-state index in [0.717, 1.165) is 0 Å². The number of hydrogen-bond acceptors (Lipinski definition) is 5. The lowest BCUT2D eigenvalue weighted by atomic mass is 10.0. The molecule has 0 spiro atoms. The van der Waals surface area contributed by atoms with E-state index in [1.807, 2.05) is 18.2 Å². The van der Waals surface area contributed by atoms with E-state index in [9.17, 15) is 4.79 Å². The zero-order chi connectivity index (χ0) is 14.7. The maximum Gasteiger partial charge on any atom is 0.349 e. The Morgan fingerprint density at radius 3 is 2.90 bits per heavy atom. The molecule has 0 saturated heterocycles. The first-order chi connectivity index (χ1) is 10.3. The highest BCUT2D eigenvalue weighted by atomic mass is 32.1. The second-order valence-electron chi connectivity index (χ2n) is 4.51. The van der Waals surface area contributed by atoms with E-state index < -0.39 is 0 Å². The van der Waals surface area contributed by atoms with Gasteiger partial charge in [-0.2, -0.15) is 0 Å². The minimum atomic E-state index is -0.356. The van der Waals surface area contributed by atoms with Gasteiger partial charge in [0.15, 0.2) is 5.13 Å². The molecular weight excluding hydrogens is 284 g/mol. The molecule has 0 bridgehead atoms. The van der Waals surface area contributed by atoms with Crippen LogP contribution in [0.15, 0.2) is 48.7 Å². The highest BCUT2D eigenvalue weighted by molar-refractivity contribution is 7.17. The molecule has 1 aromatic heterocycles. The van der Waals surface area contributed by atoms with Crippen LogP contribution in [-0.4, -0.2) is 18.1 Å². The van der Waals surface area contributed by atoms with Crippen LogP contribution in [0.1, 0.15) is 15.2 Å². The maximum atomic E-state index is 11.4. The highest BCUT2D eigenvalue weighted by Gasteiger charge is 2.10. The number of esters is 1. The summed E-state index contributed by atoms with van der Waals surface area (Å²) in [4.78, 5) is 16.1. The van der Waals surface area contributed by atoms with Gasteiger partial charge in [-0.1, -0.05) is 53.8 Å². The van der Waals surface area contributed by atoms with Crippen molar-refractivity contribution in [3.63, 3.8) is 0 Å². The Morgan fingerprint density at radius 2 is 2.05 bits per heavy atom. The molecule has 0 aliphatic heterocycles. The minimum Gasteiger partial charge on any atom is -0.465 e. The molecule has 106 valence electrons. The summed E-state index contributed by atoms with van der Waals surface area (Å²) < 4.78 is 4.67. The lowest BCUT2D eigenvalue weighted by Gasteiger charge is -2.07. The van der Waals surface area contributed by atoms with Gasteiger partial charge in [0.1, 0.15) is 4.88 Å². The highest BCUT2D eigenvalue weighted by Crippen LogP contribution is 2.22. The molecule has 3 aromatic rings. The summed E-state index contributed by atoms with van der Waals surface area (Å²) in [5, 5.41) is 6.40. The van der Waals surface area contributed by atoms with Gasteiger partial charge in [-0.25, -0.2) is 9.78 Å². The van der Waals surface area contributed by atoms with Crippen LogP contribution in [0.25, 0.3) is 10.8 Å². The van der Waals surface area contributed by atoms with Crippen LogP contribution in [0.4, 0.5) is 5.13 Å². The number of carbonyl (C=O) groups is 1. The van der Waals surface area contributed by atoms with Crippen molar-refractivity contribution in [2.75, 3.05) is 12.4 Å². The third-order valence-corrected chi connectivity index (χ3v) is 4.14. The van der Waals surface area contributed by atoms with Gasteiger partial charge in [-0.3, -0.25) is 0 Å². The SMILES string of the molecule is COC(=O)c1cnc(NCc2cccc3ccccc23)s1. The molecule has 0 aliphatic rings. The standard InChI is InChI=1S/C16H14N2O2S/c1-20-15(19)14-10-18-16(21-14)17-9-12-7-4-6-11-5-2-3-8-13(11)12/h2-8,10H,9H2,1H3,(H,17,18). The molecule has 5 heteroatoms. The van der Waals surface area contributed by atoms with Gasteiger partial charge in [0, 0.05) is 6.54 Å². The van der Waals surface area contributed by atoms with Crippen LogP contribution < -0.4 is 5.32 Å². The van der Waals surface area contributed by atoms with Crippen molar-refractivity contribution in [1.82, 2.24) is 4.98 Å². The van der Waals surface area contributed by atoms with Crippen LogP contribution in [0.5, 0.6) is 0 Å². The summed E-state index contributed by atoms with van der Waals surface area (Å²) >= 11 is 1.29. The van der Waals surface area contributed by atoms with Crippen LogP contribution in [-0.2, 0) is 11.3 Å². The Labute approximate surface area is 126 Å². The number of thiazole rings is 1. The fourth-order valence-corrected chi connectivity index (χ4v) is 2.90. The minimum absolute atomic E-state index is 0.356. The van der Waals surface area contributed by atoms with Gasteiger partial charge in [0.25, 0.3) is 0 Å². The van der Waals surface area contributed by atoms with Gasteiger partial charge in [0.05, 0.1) is 13.3 Å². The van der Waals surface area contributed by atoms with Crippen molar-refractivity contribution in [3.8, 4) is 0 Å². The number of aromatic nitrogens is 1. The van der Waals surface area contributed by atoms with E-state index in [1.54, 1.807) is 0 Å². The zero-order valence-electron chi connectivity index (χ0n) is 11.5. The molecule has 0 saturated carbocycles. The molecule has 2 aromatic carbocycles. The topological polar surface area (TPSA) is 51.2 Å². The largest absolute Gasteiger partial charge is 0.465 e. The molecule has 3 rings (SSSR count). The van der Waals surface area contributed by atoms with E-state index in [0.29, 0.717) is 16.6 Å². The van der Waals surface area contributed by atoms with Gasteiger partial charge < -0.3 is 10.1 Å². The molecule has 1 N–H and O–H groups in total. The molecular formula is C16H14N2O2S. The molecule has 0 fully saturated rings. The quantitative estimate of drug-likeness (QED) is 0.746. The number of carbonyl (C=O) groups excluding carboxylic acids is 1. The van der Waals surface area contributed by atoms with Crippen molar-refractivity contribution >= 4 is 33.2 Å². The summed E-state index contributed by atoms with van der Waals surface area (Å²) in [5.41, 5.74) is 1.20. The first kappa shape index (κ1) is 13.6. The third kappa shape index (κ3) is 2.87. The molecule has 21 heavy (non-hydrogen) atoms. The molecule has 0 radical (unpaired) electrons. The number of nitrogens with zero attached hydrogens (tertiary/aromatic N) is 1. The second kappa shape index (κ2) is 5.93. The van der Waals surface area contributed by atoms with Gasteiger partial charge in [-0.05, 0) is 16.3 Å². The molecule has 0 atom stereocenters. The summed E-state index contributed by atoms with van der Waals surface area (Å²) in [6, 6.07) is 14.5. The molecule has 0 amide bonds. The van der Waals surface area contributed by atoms with Gasteiger partial charge in [0.2, 0.25) is 0 Å². The van der Waals surface area contributed by atoms with E-state index in [1.165, 1.54) is 41.0 Å². The molecule has 0 unspecified atom stereocenters. The Balaban J connectivity index is 1.77. The third-order valence-electron chi connectivity index (χ3n) is 3.20. The number of fused-ring (bicyclic) bond motifs is 1.